The first-order valence-electron chi connectivity index (χ1n) is 10.9. The van der Waals surface area contributed by atoms with E-state index in [9.17, 15) is 9.59 Å². The lowest BCUT2D eigenvalue weighted by atomic mass is 10.2. The van der Waals surface area contributed by atoms with Crippen molar-refractivity contribution in [2.45, 2.75) is 44.9 Å². The number of ether oxygens (including phenoxy) is 1. The fraction of sp³-hybridized carbons (Fsp3) is 0.545. The molecule has 2 amide bonds. The van der Waals surface area contributed by atoms with Crippen LogP contribution in [0.15, 0.2) is 24.3 Å². The maximum absolute atomic E-state index is 12.3. The van der Waals surface area contributed by atoms with Gasteiger partial charge in [-0.05, 0) is 63.2 Å². The number of carbonyl (C=O) groups is 2. The van der Waals surface area contributed by atoms with Gasteiger partial charge in [0, 0.05) is 25.1 Å². The molecule has 0 saturated carbocycles. The normalized spacial score (nSPS) is 14.6. The van der Waals surface area contributed by atoms with E-state index in [2.05, 4.69) is 25.7 Å². The molecule has 0 unspecified atom stereocenters. The third-order valence-electron chi connectivity index (χ3n) is 5.25. The van der Waals surface area contributed by atoms with Crippen LogP contribution in [0, 0.1) is 0 Å². The molecule has 0 bridgehead atoms. The maximum Gasteiger partial charge on any atom is 0.286 e. The van der Waals surface area contributed by atoms with E-state index in [1.165, 1.54) is 50.1 Å². The molecule has 0 atom stereocenters. The lowest BCUT2D eigenvalue weighted by Crippen LogP contribution is -2.30. The first-order chi connectivity index (χ1) is 15.1. The number of methoxy groups -OCH3 is 1. The summed E-state index contributed by atoms with van der Waals surface area (Å²) in [5.74, 6) is 0.415. The summed E-state index contributed by atoms with van der Waals surface area (Å²) in [4.78, 5) is 26.9. The fourth-order valence-corrected chi connectivity index (χ4v) is 4.24. The third kappa shape index (κ3) is 7.91. The summed E-state index contributed by atoms with van der Waals surface area (Å²) in [5, 5.41) is 14.7. The lowest BCUT2D eigenvalue weighted by molar-refractivity contribution is -0.121. The van der Waals surface area contributed by atoms with Crippen molar-refractivity contribution in [1.82, 2.24) is 20.4 Å². The number of nitrogens with zero attached hydrogens (tertiary/aromatic N) is 3. The minimum absolute atomic E-state index is 0.00954. The standard InChI is InChI=1S/C22H31N5O3S/c1-30-18-9-7-17(8-10-18)24-21(29)22-26-25-20(31-22)12-11-19(28)23-13-6-16-27-14-4-2-3-5-15-27/h7-10H,2-6,11-16H2,1H3,(H,23,28)(H,24,29). The summed E-state index contributed by atoms with van der Waals surface area (Å²) in [6, 6.07) is 7.06. The number of benzene rings is 1. The van der Waals surface area contributed by atoms with Crippen LogP contribution in [0.1, 0.15) is 53.3 Å². The van der Waals surface area contributed by atoms with E-state index >= 15 is 0 Å². The van der Waals surface area contributed by atoms with Crippen LogP contribution in [0.25, 0.3) is 0 Å². The molecule has 1 aliphatic rings. The molecule has 1 fully saturated rings. The summed E-state index contributed by atoms with van der Waals surface area (Å²) in [7, 11) is 1.59. The maximum atomic E-state index is 12.3. The number of anilines is 1. The molecule has 0 aliphatic carbocycles. The van der Waals surface area contributed by atoms with Crippen LogP contribution in [0.5, 0.6) is 5.75 Å². The average molecular weight is 446 g/mol. The van der Waals surface area contributed by atoms with Crippen LogP contribution in [0.4, 0.5) is 5.69 Å². The van der Waals surface area contributed by atoms with Gasteiger partial charge in [-0.15, -0.1) is 10.2 Å². The average Bonchev–Trinajstić information content (AvgIpc) is 3.12. The highest BCUT2D eigenvalue weighted by molar-refractivity contribution is 7.13. The molecule has 0 radical (unpaired) electrons. The Kier molecular flexibility index (Phi) is 9.23. The molecule has 168 valence electrons. The van der Waals surface area contributed by atoms with Crippen molar-refractivity contribution in [1.29, 1.82) is 0 Å². The van der Waals surface area contributed by atoms with Crippen LogP contribution >= 0.6 is 11.3 Å². The number of likely N-dealkylation sites (tertiary alicyclic amines) is 1. The number of carbonyl (C=O) groups excluding carboxylic acids is 2. The van der Waals surface area contributed by atoms with Crippen LogP contribution in [0.3, 0.4) is 0 Å². The van der Waals surface area contributed by atoms with E-state index in [1.54, 1.807) is 31.4 Å². The second kappa shape index (κ2) is 12.4. The molecule has 0 spiro atoms. The van der Waals surface area contributed by atoms with E-state index in [0.717, 1.165) is 18.7 Å². The first kappa shape index (κ1) is 23.1. The van der Waals surface area contributed by atoms with Crippen LogP contribution in [-0.2, 0) is 11.2 Å². The van der Waals surface area contributed by atoms with E-state index in [4.69, 9.17) is 4.74 Å². The second-order valence-corrected chi connectivity index (χ2v) is 8.71. The van der Waals surface area contributed by atoms with Gasteiger partial charge in [-0.2, -0.15) is 0 Å². The Morgan fingerprint density at radius 2 is 1.84 bits per heavy atom. The number of hydrogen-bond donors (Lipinski definition) is 2. The molecule has 2 heterocycles. The molecule has 2 N–H and O–H groups in total. The van der Waals surface area contributed by atoms with Crippen LogP contribution < -0.4 is 15.4 Å². The lowest BCUT2D eigenvalue weighted by Gasteiger charge is -2.19. The van der Waals surface area contributed by atoms with Gasteiger partial charge in [-0.25, -0.2) is 0 Å². The zero-order valence-corrected chi connectivity index (χ0v) is 18.9. The Labute approximate surface area is 187 Å². The number of nitrogens with one attached hydrogen (secondary N) is 2. The molecule has 3 rings (SSSR count). The Morgan fingerprint density at radius 3 is 2.55 bits per heavy atom. The molecule has 9 heteroatoms. The monoisotopic (exact) mass is 445 g/mol. The minimum atomic E-state index is -0.313. The molecule has 1 aliphatic heterocycles. The predicted octanol–water partition coefficient (Wildman–Crippen LogP) is 3.11. The van der Waals surface area contributed by atoms with Gasteiger partial charge in [0.25, 0.3) is 5.91 Å². The molecule has 31 heavy (non-hydrogen) atoms. The Bertz CT molecular complexity index is 832. The molecular weight excluding hydrogens is 414 g/mol. The third-order valence-corrected chi connectivity index (χ3v) is 6.23. The zero-order valence-electron chi connectivity index (χ0n) is 18.1. The molecule has 1 aromatic carbocycles. The molecular formula is C22H31N5O3S. The van der Waals surface area contributed by atoms with Crippen LogP contribution in [-0.4, -0.2) is 60.2 Å². The van der Waals surface area contributed by atoms with Gasteiger partial charge in [0.1, 0.15) is 10.8 Å². The minimum Gasteiger partial charge on any atom is -0.497 e. The van der Waals surface area contributed by atoms with Crippen molar-refractivity contribution in [2.75, 3.05) is 38.6 Å². The predicted molar refractivity (Wildman–Crippen MR) is 122 cm³/mol. The van der Waals surface area contributed by atoms with Gasteiger partial charge in [0.2, 0.25) is 10.9 Å². The molecule has 8 nitrogen and oxygen atoms in total. The Morgan fingerprint density at radius 1 is 1.10 bits per heavy atom. The Balaban J connectivity index is 1.34. The van der Waals surface area contributed by atoms with Crippen molar-refractivity contribution < 1.29 is 14.3 Å². The topological polar surface area (TPSA) is 96.5 Å². The van der Waals surface area contributed by atoms with Gasteiger partial charge in [-0.1, -0.05) is 24.2 Å². The Hall–Kier alpha value is -2.52. The zero-order chi connectivity index (χ0) is 21.9. The van der Waals surface area contributed by atoms with Crippen LogP contribution in [0.2, 0.25) is 0 Å². The number of hydrogen-bond acceptors (Lipinski definition) is 7. The van der Waals surface area contributed by atoms with E-state index in [-0.39, 0.29) is 16.8 Å². The fourth-order valence-electron chi connectivity index (χ4n) is 3.50. The highest BCUT2D eigenvalue weighted by atomic mass is 32.1. The molecule has 2 aromatic rings. The smallest absolute Gasteiger partial charge is 0.286 e. The van der Waals surface area contributed by atoms with Crippen molar-refractivity contribution >= 4 is 28.8 Å². The SMILES string of the molecule is COc1ccc(NC(=O)c2nnc(CCC(=O)NCCCN3CCCCCC3)s2)cc1. The van der Waals surface area contributed by atoms with Gasteiger partial charge in [0.15, 0.2) is 0 Å². The van der Waals surface area contributed by atoms with Crippen molar-refractivity contribution in [3.8, 4) is 5.75 Å². The van der Waals surface area contributed by atoms with Gasteiger partial charge in [0.05, 0.1) is 7.11 Å². The number of amides is 2. The highest BCUT2D eigenvalue weighted by Gasteiger charge is 2.14. The van der Waals surface area contributed by atoms with E-state index < -0.39 is 0 Å². The van der Waals surface area contributed by atoms with E-state index in [1.807, 2.05) is 0 Å². The van der Waals surface area contributed by atoms with E-state index in [0.29, 0.717) is 30.1 Å². The van der Waals surface area contributed by atoms with Crippen molar-refractivity contribution in [2.24, 2.45) is 0 Å². The summed E-state index contributed by atoms with van der Waals surface area (Å²) >= 11 is 1.21. The number of rotatable bonds is 10. The molecule has 1 aromatic heterocycles. The summed E-state index contributed by atoms with van der Waals surface area (Å²) in [6.45, 7) is 4.10. The summed E-state index contributed by atoms with van der Waals surface area (Å²) < 4.78 is 5.10. The summed E-state index contributed by atoms with van der Waals surface area (Å²) in [6.07, 6.45) is 7.04. The van der Waals surface area contributed by atoms with Gasteiger partial charge in [-0.3, -0.25) is 9.59 Å². The quantitative estimate of drug-likeness (QED) is 0.546. The first-order valence-corrected chi connectivity index (χ1v) is 11.7. The number of aryl methyl sites for hydroxylation is 1. The van der Waals surface area contributed by atoms with Crippen molar-refractivity contribution in [3.05, 3.63) is 34.3 Å². The molecule has 1 saturated heterocycles. The van der Waals surface area contributed by atoms with Gasteiger partial charge >= 0.3 is 0 Å². The number of aromatic nitrogens is 2. The largest absolute Gasteiger partial charge is 0.497 e. The van der Waals surface area contributed by atoms with Crippen molar-refractivity contribution in [3.63, 3.8) is 0 Å². The highest BCUT2D eigenvalue weighted by Crippen LogP contribution is 2.17. The van der Waals surface area contributed by atoms with Gasteiger partial charge < -0.3 is 20.3 Å². The summed E-state index contributed by atoms with van der Waals surface area (Å²) in [5.41, 5.74) is 0.655. The second-order valence-electron chi connectivity index (χ2n) is 7.64.